The standard InChI is InChI=1S/C10H21N5O2S/c1-4-15(7-5-6-14(2)3)18(16,17)9-8-12-13-10(9)11/h8H,4-7H2,1-3H3,(H3,11,12,13). The van der Waals surface area contributed by atoms with E-state index < -0.39 is 10.0 Å². The van der Waals surface area contributed by atoms with Crippen LogP contribution < -0.4 is 5.73 Å². The predicted octanol–water partition coefficient (Wildman–Crippen LogP) is -0.0458. The fourth-order valence-electron chi connectivity index (χ4n) is 1.64. The smallest absolute Gasteiger partial charge is 0.248 e. The normalized spacial score (nSPS) is 12.5. The van der Waals surface area contributed by atoms with Crippen LogP contribution in [-0.2, 0) is 10.0 Å². The van der Waals surface area contributed by atoms with E-state index in [1.807, 2.05) is 25.9 Å². The van der Waals surface area contributed by atoms with Crippen molar-refractivity contribution in [2.24, 2.45) is 0 Å². The monoisotopic (exact) mass is 275 g/mol. The Hall–Kier alpha value is -1.12. The molecule has 1 aromatic rings. The van der Waals surface area contributed by atoms with Gasteiger partial charge in [0.2, 0.25) is 10.0 Å². The fraction of sp³-hybridized carbons (Fsp3) is 0.700. The fourth-order valence-corrected chi connectivity index (χ4v) is 3.14. The molecule has 1 rings (SSSR count). The topological polar surface area (TPSA) is 95.3 Å². The zero-order valence-corrected chi connectivity index (χ0v) is 11.9. The number of sulfonamides is 1. The highest BCUT2D eigenvalue weighted by molar-refractivity contribution is 7.89. The van der Waals surface area contributed by atoms with Crippen LogP contribution in [0.1, 0.15) is 13.3 Å². The largest absolute Gasteiger partial charge is 0.383 e. The van der Waals surface area contributed by atoms with E-state index in [9.17, 15) is 8.42 Å². The maximum Gasteiger partial charge on any atom is 0.248 e. The molecular formula is C10H21N5O2S. The van der Waals surface area contributed by atoms with Gasteiger partial charge in [0, 0.05) is 13.1 Å². The van der Waals surface area contributed by atoms with Crippen molar-refractivity contribution in [3.8, 4) is 0 Å². The quantitative estimate of drug-likeness (QED) is 0.727. The van der Waals surface area contributed by atoms with E-state index in [2.05, 4.69) is 10.2 Å². The van der Waals surface area contributed by atoms with Gasteiger partial charge in [0.25, 0.3) is 0 Å². The van der Waals surface area contributed by atoms with Crippen LogP contribution in [0.25, 0.3) is 0 Å². The van der Waals surface area contributed by atoms with Crippen LogP contribution in [0.2, 0.25) is 0 Å². The third-order valence-corrected chi connectivity index (χ3v) is 4.62. The molecule has 0 saturated heterocycles. The van der Waals surface area contributed by atoms with Crippen molar-refractivity contribution >= 4 is 15.8 Å². The van der Waals surface area contributed by atoms with E-state index in [4.69, 9.17) is 5.73 Å². The molecule has 1 heterocycles. The Bertz CT molecular complexity index is 468. The van der Waals surface area contributed by atoms with Crippen molar-refractivity contribution in [3.05, 3.63) is 6.20 Å². The van der Waals surface area contributed by atoms with Crippen LogP contribution in [0.4, 0.5) is 5.82 Å². The molecule has 7 nitrogen and oxygen atoms in total. The molecule has 0 saturated carbocycles. The average molecular weight is 275 g/mol. The minimum atomic E-state index is -3.54. The van der Waals surface area contributed by atoms with Crippen LogP contribution in [0.15, 0.2) is 11.1 Å². The van der Waals surface area contributed by atoms with Gasteiger partial charge in [0.05, 0.1) is 6.20 Å². The van der Waals surface area contributed by atoms with Crippen molar-refractivity contribution in [2.45, 2.75) is 18.2 Å². The third-order valence-electron chi connectivity index (χ3n) is 2.62. The number of aromatic amines is 1. The van der Waals surface area contributed by atoms with Gasteiger partial charge in [-0.05, 0) is 27.1 Å². The van der Waals surface area contributed by atoms with Crippen molar-refractivity contribution in [2.75, 3.05) is 39.5 Å². The van der Waals surface area contributed by atoms with Crippen LogP contribution in [0.3, 0.4) is 0 Å². The molecule has 0 unspecified atom stereocenters. The third kappa shape index (κ3) is 3.44. The van der Waals surface area contributed by atoms with Crippen molar-refractivity contribution in [3.63, 3.8) is 0 Å². The van der Waals surface area contributed by atoms with Crippen LogP contribution >= 0.6 is 0 Å². The van der Waals surface area contributed by atoms with E-state index in [0.717, 1.165) is 13.0 Å². The zero-order valence-electron chi connectivity index (χ0n) is 11.0. The molecular weight excluding hydrogens is 254 g/mol. The summed E-state index contributed by atoms with van der Waals surface area (Å²) >= 11 is 0. The predicted molar refractivity (Wildman–Crippen MR) is 70.6 cm³/mol. The summed E-state index contributed by atoms with van der Waals surface area (Å²) in [4.78, 5) is 2.07. The first-order valence-corrected chi connectivity index (χ1v) is 7.27. The molecule has 104 valence electrons. The van der Waals surface area contributed by atoms with E-state index in [1.165, 1.54) is 10.5 Å². The van der Waals surface area contributed by atoms with E-state index in [-0.39, 0.29) is 10.7 Å². The average Bonchev–Trinajstić information content (AvgIpc) is 2.70. The summed E-state index contributed by atoms with van der Waals surface area (Å²) in [6, 6.07) is 0. The Balaban J connectivity index is 2.78. The van der Waals surface area contributed by atoms with Crippen molar-refractivity contribution < 1.29 is 8.42 Å². The molecule has 0 amide bonds. The Morgan fingerprint density at radius 1 is 1.39 bits per heavy atom. The Labute approximate surface area is 108 Å². The summed E-state index contributed by atoms with van der Waals surface area (Å²) in [5, 5.41) is 6.09. The molecule has 0 aliphatic carbocycles. The first-order valence-electron chi connectivity index (χ1n) is 5.83. The van der Waals surface area contributed by atoms with E-state index in [1.54, 1.807) is 0 Å². The van der Waals surface area contributed by atoms with Gasteiger partial charge in [-0.3, -0.25) is 5.10 Å². The number of hydrogen-bond acceptors (Lipinski definition) is 5. The first-order chi connectivity index (χ1) is 8.39. The molecule has 1 aromatic heterocycles. The lowest BCUT2D eigenvalue weighted by molar-refractivity contribution is 0.356. The molecule has 18 heavy (non-hydrogen) atoms. The maximum absolute atomic E-state index is 12.3. The lowest BCUT2D eigenvalue weighted by Crippen LogP contribution is -2.33. The highest BCUT2D eigenvalue weighted by atomic mass is 32.2. The summed E-state index contributed by atoms with van der Waals surface area (Å²) in [5.74, 6) is 0.0843. The highest BCUT2D eigenvalue weighted by Gasteiger charge is 2.26. The van der Waals surface area contributed by atoms with Gasteiger partial charge in [-0.1, -0.05) is 6.92 Å². The first kappa shape index (κ1) is 14.9. The molecule has 0 aliphatic heterocycles. The Kier molecular flexibility index (Phi) is 5.12. The van der Waals surface area contributed by atoms with Gasteiger partial charge < -0.3 is 10.6 Å². The minimum absolute atomic E-state index is 0.0502. The van der Waals surface area contributed by atoms with Gasteiger partial charge in [-0.25, -0.2) is 8.42 Å². The minimum Gasteiger partial charge on any atom is -0.383 e. The van der Waals surface area contributed by atoms with Gasteiger partial charge in [-0.2, -0.15) is 9.40 Å². The van der Waals surface area contributed by atoms with Gasteiger partial charge in [-0.15, -0.1) is 0 Å². The number of nitrogens with two attached hydrogens (primary N) is 1. The lowest BCUT2D eigenvalue weighted by Gasteiger charge is -2.20. The van der Waals surface area contributed by atoms with Crippen LogP contribution in [0, 0.1) is 0 Å². The summed E-state index contributed by atoms with van der Waals surface area (Å²) in [5.41, 5.74) is 5.56. The lowest BCUT2D eigenvalue weighted by atomic mass is 10.4. The number of H-pyrrole nitrogens is 1. The summed E-state index contributed by atoms with van der Waals surface area (Å²) < 4.78 is 26.0. The van der Waals surface area contributed by atoms with Gasteiger partial charge >= 0.3 is 0 Å². The van der Waals surface area contributed by atoms with Crippen LogP contribution in [0.5, 0.6) is 0 Å². The summed E-state index contributed by atoms with van der Waals surface area (Å²) in [6.45, 7) is 3.54. The molecule has 8 heteroatoms. The van der Waals surface area contributed by atoms with Crippen molar-refractivity contribution in [1.82, 2.24) is 19.4 Å². The summed E-state index contributed by atoms with van der Waals surface area (Å²) in [7, 11) is 0.374. The highest BCUT2D eigenvalue weighted by Crippen LogP contribution is 2.19. The zero-order chi connectivity index (χ0) is 13.8. The number of aromatic nitrogens is 2. The molecule has 0 atom stereocenters. The molecule has 0 fully saturated rings. The van der Waals surface area contributed by atoms with Gasteiger partial charge in [0.1, 0.15) is 10.7 Å². The second kappa shape index (κ2) is 6.17. The number of nitrogens with one attached hydrogen (secondary N) is 1. The van der Waals surface area contributed by atoms with Crippen molar-refractivity contribution in [1.29, 1.82) is 0 Å². The number of anilines is 1. The molecule has 0 radical (unpaired) electrons. The Morgan fingerprint density at radius 2 is 2.06 bits per heavy atom. The number of rotatable bonds is 7. The Morgan fingerprint density at radius 3 is 2.50 bits per heavy atom. The van der Waals surface area contributed by atoms with E-state index in [0.29, 0.717) is 13.1 Å². The molecule has 0 spiro atoms. The molecule has 3 N–H and O–H groups in total. The number of nitrogen functional groups attached to an aromatic ring is 1. The second-order valence-corrected chi connectivity index (χ2v) is 6.21. The maximum atomic E-state index is 12.3. The molecule has 0 aliphatic rings. The molecule has 0 aromatic carbocycles. The van der Waals surface area contributed by atoms with Crippen LogP contribution in [-0.4, -0.2) is 61.5 Å². The number of nitrogens with zero attached hydrogens (tertiary/aromatic N) is 3. The number of hydrogen-bond donors (Lipinski definition) is 2. The second-order valence-electron chi connectivity index (χ2n) is 4.30. The SMILES string of the molecule is CCN(CCCN(C)C)S(=O)(=O)c1cn[nH]c1N. The summed E-state index contributed by atoms with van der Waals surface area (Å²) in [6.07, 6.45) is 2.02. The molecule has 0 bridgehead atoms. The van der Waals surface area contributed by atoms with Gasteiger partial charge in [0.15, 0.2) is 0 Å². The van der Waals surface area contributed by atoms with E-state index >= 15 is 0 Å².